The quantitative estimate of drug-likeness (QED) is 0.251. The van der Waals surface area contributed by atoms with Crippen LogP contribution in [0.4, 0.5) is 0 Å². The molecule has 5 heteroatoms. The van der Waals surface area contributed by atoms with Crippen LogP contribution in [-0.2, 0) is 14.3 Å². The van der Waals surface area contributed by atoms with Gasteiger partial charge in [0, 0.05) is 12.8 Å². The molecular formula is C6H12KNaO3. The van der Waals surface area contributed by atoms with E-state index in [2.05, 4.69) is 4.74 Å². The summed E-state index contributed by atoms with van der Waals surface area (Å²) in [6, 6.07) is 0. The molecule has 0 aliphatic carbocycles. The Kier molecular flexibility index (Phi) is 19.8. The minimum Gasteiger partial charge on any atom is -1.00 e. The van der Waals surface area contributed by atoms with Crippen molar-refractivity contribution in [1.29, 1.82) is 0 Å². The monoisotopic (exact) mass is 194 g/mol. The second-order valence-electron chi connectivity index (χ2n) is 1.55. The molecule has 0 rings (SSSR count). The van der Waals surface area contributed by atoms with Gasteiger partial charge in [0.05, 0.1) is 0 Å². The molecule has 3 nitrogen and oxygen atoms in total. The first-order valence-electron chi connectivity index (χ1n) is 2.94. The zero-order chi connectivity index (χ0) is 7.28. The normalized spacial score (nSPS) is 7.09. The summed E-state index contributed by atoms with van der Waals surface area (Å²) in [5, 5.41) is 0. The minimum atomic E-state index is -0.457. The summed E-state index contributed by atoms with van der Waals surface area (Å²) >= 11 is 0. The third-order valence-corrected chi connectivity index (χ3v) is 0.805. The Morgan fingerprint density at radius 1 is 1.18 bits per heavy atom. The summed E-state index contributed by atoms with van der Waals surface area (Å²) in [5.41, 5.74) is 0. The van der Waals surface area contributed by atoms with Crippen molar-refractivity contribution in [2.75, 3.05) is 0 Å². The molecule has 0 aliphatic heterocycles. The molecule has 0 radical (unpaired) electrons. The van der Waals surface area contributed by atoms with E-state index in [4.69, 9.17) is 0 Å². The zero-order valence-corrected chi connectivity index (χ0v) is 12.8. The molecule has 56 valence electrons. The molecule has 11 heavy (non-hydrogen) atoms. The maximum atomic E-state index is 10.3. The average Bonchev–Trinajstić information content (AvgIpc) is 1.87. The van der Waals surface area contributed by atoms with Gasteiger partial charge < -0.3 is 7.59 Å². The van der Waals surface area contributed by atoms with Gasteiger partial charge in [0.2, 0.25) is 0 Å². The summed E-state index contributed by atoms with van der Waals surface area (Å²) in [5.74, 6) is -0.913. The van der Waals surface area contributed by atoms with Crippen LogP contribution in [0, 0.1) is 0 Å². The summed E-state index contributed by atoms with van der Waals surface area (Å²) in [6.45, 7) is 3.29. The van der Waals surface area contributed by atoms with Gasteiger partial charge in [-0.05, 0) is 0 Å². The molecule has 0 aliphatic rings. The van der Waals surface area contributed by atoms with Gasteiger partial charge in [-0.15, -0.1) is 0 Å². The van der Waals surface area contributed by atoms with Crippen molar-refractivity contribution in [2.24, 2.45) is 0 Å². The zero-order valence-electron chi connectivity index (χ0n) is 9.64. The first-order chi connectivity index (χ1) is 4.20. The Labute approximate surface area is 134 Å². The Morgan fingerprint density at radius 2 is 1.45 bits per heavy atom. The Balaban J connectivity index is -0.0000000533. The van der Waals surface area contributed by atoms with Gasteiger partial charge in [-0.25, -0.2) is 0 Å². The molecule has 0 atom stereocenters. The summed E-state index contributed by atoms with van der Waals surface area (Å²) in [6.07, 6.45) is 0.511. The van der Waals surface area contributed by atoms with E-state index >= 15 is 0 Å². The van der Waals surface area contributed by atoms with Gasteiger partial charge in [0.15, 0.2) is 0 Å². The van der Waals surface area contributed by atoms with Crippen LogP contribution >= 0.6 is 0 Å². The topological polar surface area (TPSA) is 43.4 Å². The maximum Gasteiger partial charge on any atom is 1.00 e. The van der Waals surface area contributed by atoms with Crippen LogP contribution in [-0.4, -0.2) is 11.9 Å². The summed E-state index contributed by atoms with van der Waals surface area (Å²) in [4.78, 5) is 20.7. The van der Waals surface area contributed by atoms with E-state index in [0.29, 0.717) is 0 Å². The van der Waals surface area contributed by atoms with Crippen molar-refractivity contribution in [3.8, 4) is 0 Å². The first kappa shape index (κ1) is 18.5. The molecular weight excluding hydrogens is 182 g/mol. The number of hydrogen-bond acceptors (Lipinski definition) is 3. The fraction of sp³-hybridized carbons (Fsp3) is 0.667. The van der Waals surface area contributed by atoms with E-state index in [1.54, 1.807) is 13.8 Å². The molecule has 0 unspecified atom stereocenters. The standard InChI is InChI=1S/C6H10O3.K.Na.2H/c1-3-5(7)9-6(8)4-2;;;;/h3-4H2,1-2H3;;;;/q;2*+1;2*-1. The molecule has 0 heterocycles. The molecule has 0 saturated heterocycles. The Morgan fingerprint density at radius 3 is 1.64 bits per heavy atom. The second-order valence-corrected chi connectivity index (χ2v) is 1.55. The molecule has 0 amide bonds. The SMILES string of the molecule is CCC(=O)OC(=O)CC.[H-].[H-].[K+].[Na+]. The van der Waals surface area contributed by atoms with Crippen molar-refractivity contribution >= 4 is 11.9 Å². The van der Waals surface area contributed by atoms with E-state index in [1.807, 2.05) is 0 Å². The summed E-state index contributed by atoms with van der Waals surface area (Å²) in [7, 11) is 0. The van der Waals surface area contributed by atoms with Gasteiger partial charge in [0.1, 0.15) is 0 Å². The van der Waals surface area contributed by atoms with Crippen molar-refractivity contribution in [3.05, 3.63) is 0 Å². The van der Waals surface area contributed by atoms with Crippen LogP contribution in [0.1, 0.15) is 29.5 Å². The van der Waals surface area contributed by atoms with E-state index in [1.165, 1.54) is 0 Å². The smallest absolute Gasteiger partial charge is 1.00 e. The van der Waals surface area contributed by atoms with E-state index < -0.39 is 11.9 Å². The molecule has 0 aromatic rings. The van der Waals surface area contributed by atoms with Crippen LogP contribution in [0.2, 0.25) is 0 Å². The molecule has 0 aromatic heterocycles. The van der Waals surface area contributed by atoms with Crippen LogP contribution in [0.15, 0.2) is 0 Å². The third-order valence-electron chi connectivity index (χ3n) is 0.805. The first-order valence-corrected chi connectivity index (χ1v) is 2.94. The van der Waals surface area contributed by atoms with Crippen LogP contribution in [0.5, 0.6) is 0 Å². The molecule has 0 spiro atoms. The number of carbonyl (C=O) groups excluding carboxylic acids is 2. The van der Waals surface area contributed by atoms with Crippen LogP contribution in [0.25, 0.3) is 0 Å². The molecule has 0 saturated carbocycles. The minimum absolute atomic E-state index is 0. The van der Waals surface area contributed by atoms with Crippen LogP contribution < -0.4 is 80.9 Å². The predicted molar refractivity (Wildman–Crippen MR) is 33.9 cm³/mol. The van der Waals surface area contributed by atoms with E-state index in [9.17, 15) is 9.59 Å². The van der Waals surface area contributed by atoms with E-state index in [-0.39, 0.29) is 96.6 Å². The Hall–Kier alpha value is 1.78. The number of hydrogen-bond donors (Lipinski definition) is 0. The number of carbonyl (C=O) groups is 2. The number of rotatable bonds is 2. The van der Waals surface area contributed by atoms with E-state index in [0.717, 1.165) is 0 Å². The van der Waals surface area contributed by atoms with Gasteiger partial charge >= 0.3 is 92.9 Å². The van der Waals surface area contributed by atoms with Gasteiger partial charge in [-0.1, -0.05) is 13.8 Å². The number of esters is 2. The van der Waals surface area contributed by atoms with Crippen molar-refractivity contribution < 1.29 is 98.1 Å². The average molecular weight is 194 g/mol. The van der Waals surface area contributed by atoms with Crippen LogP contribution in [0.3, 0.4) is 0 Å². The largest absolute Gasteiger partial charge is 1.00 e. The molecule has 0 N–H and O–H groups in total. The Bertz CT molecular complexity index is 121. The number of ether oxygens (including phenoxy) is 1. The van der Waals surface area contributed by atoms with Crippen molar-refractivity contribution in [2.45, 2.75) is 26.7 Å². The third kappa shape index (κ3) is 11.8. The molecule has 0 aromatic carbocycles. The van der Waals surface area contributed by atoms with Crippen molar-refractivity contribution in [3.63, 3.8) is 0 Å². The van der Waals surface area contributed by atoms with Gasteiger partial charge in [-0.3, -0.25) is 9.59 Å². The van der Waals surface area contributed by atoms with Gasteiger partial charge in [0.25, 0.3) is 0 Å². The van der Waals surface area contributed by atoms with Crippen molar-refractivity contribution in [1.82, 2.24) is 0 Å². The second kappa shape index (κ2) is 11.8. The molecule has 0 bridgehead atoms. The fourth-order valence-corrected chi connectivity index (χ4v) is 0.271. The predicted octanol–water partition coefficient (Wildman–Crippen LogP) is -4.89. The fourth-order valence-electron chi connectivity index (χ4n) is 0.271. The maximum absolute atomic E-state index is 10.3. The van der Waals surface area contributed by atoms with Gasteiger partial charge in [-0.2, -0.15) is 0 Å². The summed E-state index contributed by atoms with van der Waals surface area (Å²) < 4.78 is 4.27. The molecule has 0 fully saturated rings.